The third-order valence-electron chi connectivity index (χ3n) is 4.00. The van der Waals surface area contributed by atoms with Crippen molar-refractivity contribution in [3.8, 4) is 11.4 Å². The number of hydrogen-bond acceptors (Lipinski definition) is 7. The SMILES string of the molecule is O=c1c(Cl)c(Cl)cnn1-c1ccc(S(=O)(=O)Nc2ccc(-n3cnnn3)cc2)cc1. The molecule has 0 aliphatic carbocycles. The van der Waals surface area contributed by atoms with E-state index in [0.717, 1.165) is 4.68 Å². The van der Waals surface area contributed by atoms with Gasteiger partial charge in [-0.25, -0.2) is 13.1 Å². The fraction of sp³-hybridized carbons (Fsp3) is 0. The molecule has 2 heterocycles. The molecular weight excluding hydrogens is 453 g/mol. The van der Waals surface area contributed by atoms with E-state index in [-0.39, 0.29) is 14.9 Å². The maximum atomic E-state index is 12.7. The van der Waals surface area contributed by atoms with Crippen molar-refractivity contribution in [3.63, 3.8) is 0 Å². The average molecular weight is 464 g/mol. The smallest absolute Gasteiger partial charge is 0.280 e. The van der Waals surface area contributed by atoms with Crippen LogP contribution in [0.4, 0.5) is 5.69 Å². The lowest BCUT2D eigenvalue weighted by atomic mass is 10.3. The van der Waals surface area contributed by atoms with Crippen LogP contribution in [-0.2, 0) is 10.0 Å². The fourth-order valence-electron chi connectivity index (χ4n) is 2.54. The fourth-order valence-corrected chi connectivity index (χ4v) is 3.85. The summed E-state index contributed by atoms with van der Waals surface area (Å²) in [5.74, 6) is 0. The van der Waals surface area contributed by atoms with Gasteiger partial charge in [-0.15, -0.1) is 5.10 Å². The second-order valence-electron chi connectivity index (χ2n) is 5.92. The van der Waals surface area contributed by atoms with Crippen LogP contribution >= 0.6 is 23.2 Å². The Bertz CT molecular complexity index is 1350. The number of halogens is 2. The number of anilines is 1. The number of hydrogen-bond donors (Lipinski definition) is 1. The lowest BCUT2D eigenvalue weighted by Gasteiger charge is -2.10. The lowest BCUT2D eigenvalue weighted by molar-refractivity contribution is 0.601. The molecular formula is C17H11Cl2N7O3S. The number of rotatable bonds is 5. The normalized spacial score (nSPS) is 11.4. The van der Waals surface area contributed by atoms with Gasteiger partial charge in [-0.3, -0.25) is 9.52 Å². The van der Waals surface area contributed by atoms with Gasteiger partial charge in [-0.2, -0.15) is 9.78 Å². The third-order valence-corrected chi connectivity index (χ3v) is 6.15. The monoisotopic (exact) mass is 463 g/mol. The molecule has 152 valence electrons. The first kappa shape index (κ1) is 20.0. The average Bonchev–Trinajstić information content (AvgIpc) is 3.27. The Morgan fingerprint density at radius 1 is 0.933 bits per heavy atom. The van der Waals surface area contributed by atoms with E-state index >= 15 is 0 Å². The molecule has 0 aliphatic heterocycles. The zero-order valence-corrected chi connectivity index (χ0v) is 17.2. The summed E-state index contributed by atoms with van der Waals surface area (Å²) in [6, 6.07) is 12.1. The summed E-state index contributed by atoms with van der Waals surface area (Å²) in [6.45, 7) is 0. The van der Waals surface area contributed by atoms with Crippen LogP contribution in [0.5, 0.6) is 0 Å². The number of aromatic nitrogens is 6. The summed E-state index contributed by atoms with van der Waals surface area (Å²) in [5, 5.41) is 14.6. The molecule has 4 rings (SSSR count). The standard InChI is InChI=1S/C17H11Cl2N7O3S/c18-15-9-21-26(17(27)16(15)19)13-5-7-14(8-6-13)30(28,29)22-11-1-3-12(4-2-11)25-10-20-23-24-25/h1-10,22H. The Balaban J connectivity index is 1.56. The summed E-state index contributed by atoms with van der Waals surface area (Å²) >= 11 is 11.6. The molecule has 2 aromatic heterocycles. The van der Waals surface area contributed by atoms with Crippen LogP contribution in [0.25, 0.3) is 11.4 Å². The number of benzene rings is 2. The van der Waals surface area contributed by atoms with Crippen molar-refractivity contribution in [2.75, 3.05) is 4.72 Å². The van der Waals surface area contributed by atoms with Crippen LogP contribution in [0, 0.1) is 0 Å². The van der Waals surface area contributed by atoms with Crippen LogP contribution < -0.4 is 10.3 Å². The summed E-state index contributed by atoms with van der Waals surface area (Å²) in [7, 11) is -3.86. The van der Waals surface area contributed by atoms with Crippen LogP contribution in [-0.4, -0.2) is 38.4 Å². The minimum absolute atomic E-state index is 0.00362. The van der Waals surface area contributed by atoms with E-state index in [0.29, 0.717) is 17.1 Å². The van der Waals surface area contributed by atoms with Crippen molar-refractivity contribution >= 4 is 38.9 Å². The first-order chi connectivity index (χ1) is 14.3. The topological polar surface area (TPSA) is 125 Å². The minimum Gasteiger partial charge on any atom is -0.280 e. The van der Waals surface area contributed by atoms with Crippen LogP contribution in [0.2, 0.25) is 10.0 Å². The van der Waals surface area contributed by atoms with Crippen molar-refractivity contribution in [3.05, 3.63) is 81.5 Å². The molecule has 0 spiro atoms. The van der Waals surface area contributed by atoms with E-state index < -0.39 is 15.6 Å². The second-order valence-corrected chi connectivity index (χ2v) is 8.39. The van der Waals surface area contributed by atoms with Crippen molar-refractivity contribution < 1.29 is 8.42 Å². The Labute approximate surface area is 179 Å². The van der Waals surface area contributed by atoms with Gasteiger partial charge in [0.25, 0.3) is 15.6 Å². The quantitative estimate of drug-likeness (QED) is 0.481. The molecule has 0 radical (unpaired) electrons. The van der Waals surface area contributed by atoms with E-state index in [9.17, 15) is 13.2 Å². The highest BCUT2D eigenvalue weighted by atomic mass is 35.5. The first-order valence-corrected chi connectivity index (χ1v) is 10.5. The maximum Gasteiger partial charge on any atom is 0.291 e. The van der Waals surface area contributed by atoms with E-state index in [1.807, 2.05) is 0 Å². The molecule has 10 nitrogen and oxygen atoms in total. The van der Waals surface area contributed by atoms with Gasteiger partial charge < -0.3 is 0 Å². The minimum atomic E-state index is -3.86. The summed E-state index contributed by atoms with van der Waals surface area (Å²) in [4.78, 5) is 12.2. The zero-order chi connectivity index (χ0) is 21.3. The molecule has 2 aromatic carbocycles. The highest BCUT2D eigenvalue weighted by molar-refractivity contribution is 7.92. The summed E-state index contributed by atoms with van der Waals surface area (Å²) in [6.07, 6.45) is 2.66. The molecule has 0 atom stereocenters. The van der Waals surface area contributed by atoms with Crippen LogP contribution in [0.15, 0.2) is 70.7 Å². The second kappa shape index (κ2) is 7.86. The van der Waals surface area contributed by atoms with E-state index in [2.05, 4.69) is 25.3 Å². The van der Waals surface area contributed by atoms with Gasteiger partial charge in [0.15, 0.2) is 0 Å². The zero-order valence-electron chi connectivity index (χ0n) is 14.8. The van der Waals surface area contributed by atoms with E-state index in [1.165, 1.54) is 41.5 Å². The predicted octanol–water partition coefficient (Wildman–Crippen LogP) is 2.32. The summed E-state index contributed by atoms with van der Waals surface area (Å²) in [5.41, 5.74) is 0.758. The molecule has 0 fully saturated rings. The van der Waals surface area contributed by atoms with Crippen molar-refractivity contribution in [2.45, 2.75) is 4.90 Å². The van der Waals surface area contributed by atoms with Gasteiger partial charge >= 0.3 is 0 Å². The van der Waals surface area contributed by atoms with Gasteiger partial charge in [0.1, 0.15) is 11.3 Å². The Morgan fingerprint density at radius 3 is 2.23 bits per heavy atom. The molecule has 30 heavy (non-hydrogen) atoms. The van der Waals surface area contributed by atoms with Crippen LogP contribution in [0.1, 0.15) is 0 Å². The molecule has 13 heteroatoms. The first-order valence-electron chi connectivity index (χ1n) is 8.25. The molecule has 4 aromatic rings. The van der Waals surface area contributed by atoms with Crippen LogP contribution in [0.3, 0.4) is 0 Å². The van der Waals surface area contributed by atoms with Gasteiger partial charge in [-0.1, -0.05) is 23.2 Å². The number of tetrazole rings is 1. The molecule has 1 N–H and O–H groups in total. The predicted molar refractivity (Wildman–Crippen MR) is 110 cm³/mol. The molecule has 0 saturated heterocycles. The highest BCUT2D eigenvalue weighted by Crippen LogP contribution is 2.20. The van der Waals surface area contributed by atoms with Crippen molar-refractivity contribution in [1.82, 2.24) is 30.0 Å². The largest absolute Gasteiger partial charge is 0.291 e. The Kier molecular flexibility index (Phi) is 5.24. The Hall–Kier alpha value is -3.28. The lowest BCUT2D eigenvalue weighted by Crippen LogP contribution is -2.21. The van der Waals surface area contributed by atoms with Gasteiger partial charge in [0, 0.05) is 5.69 Å². The highest BCUT2D eigenvalue weighted by Gasteiger charge is 2.15. The number of nitrogens with zero attached hydrogens (tertiary/aromatic N) is 6. The summed E-state index contributed by atoms with van der Waals surface area (Å²) < 4.78 is 30.3. The van der Waals surface area contributed by atoms with Crippen molar-refractivity contribution in [2.24, 2.45) is 0 Å². The Morgan fingerprint density at radius 2 is 1.60 bits per heavy atom. The van der Waals surface area contributed by atoms with E-state index in [4.69, 9.17) is 23.2 Å². The van der Waals surface area contributed by atoms with E-state index in [1.54, 1.807) is 24.3 Å². The van der Waals surface area contributed by atoms with Gasteiger partial charge in [-0.05, 0) is 59.0 Å². The van der Waals surface area contributed by atoms with Gasteiger partial charge in [0.05, 0.1) is 27.5 Å². The molecule has 0 aliphatic rings. The number of nitrogens with one attached hydrogen (secondary N) is 1. The molecule has 0 saturated carbocycles. The van der Waals surface area contributed by atoms with Crippen molar-refractivity contribution in [1.29, 1.82) is 0 Å². The molecule has 0 unspecified atom stereocenters. The third kappa shape index (κ3) is 3.90. The molecule has 0 amide bonds. The maximum absolute atomic E-state index is 12.7. The number of sulfonamides is 1. The molecule has 0 bridgehead atoms. The van der Waals surface area contributed by atoms with Gasteiger partial charge in [0.2, 0.25) is 0 Å².